The average Bonchev–Trinajstić information content (AvgIpc) is 2.91. The van der Waals surface area contributed by atoms with Crippen LogP contribution in [0.15, 0.2) is 41.0 Å². The molecule has 1 heterocycles. The highest BCUT2D eigenvalue weighted by Gasteiger charge is 2.13. The largest absolute Gasteiger partial charge is 0.462 e. The van der Waals surface area contributed by atoms with Crippen LogP contribution in [0.25, 0.3) is 0 Å². The summed E-state index contributed by atoms with van der Waals surface area (Å²) in [5.74, 6) is -0.406. The second-order valence-corrected chi connectivity index (χ2v) is 4.60. The maximum atomic E-state index is 12.0. The number of esters is 1. The number of hydrogen-bond donors (Lipinski definition) is 1. The van der Waals surface area contributed by atoms with E-state index in [4.69, 9.17) is 9.15 Å². The van der Waals surface area contributed by atoms with Gasteiger partial charge in [-0.2, -0.15) is 0 Å². The monoisotopic (exact) mass is 287 g/mol. The molecule has 0 aliphatic carbocycles. The van der Waals surface area contributed by atoms with Crippen molar-refractivity contribution in [2.45, 2.75) is 20.3 Å². The lowest BCUT2D eigenvalue weighted by molar-refractivity contribution is 0.0505. The molecule has 1 amide bonds. The maximum absolute atomic E-state index is 12.0. The van der Waals surface area contributed by atoms with Gasteiger partial charge in [-0.25, -0.2) is 4.79 Å². The predicted octanol–water partition coefficient (Wildman–Crippen LogP) is 3.41. The molecule has 0 saturated heterocycles. The number of amides is 1. The molecule has 1 aromatic carbocycles. The zero-order valence-corrected chi connectivity index (χ0v) is 12.0. The second-order valence-electron chi connectivity index (χ2n) is 4.60. The maximum Gasteiger partial charge on any atom is 0.338 e. The van der Waals surface area contributed by atoms with Crippen molar-refractivity contribution in [2.24, 2.45) is 0 Å². The molecule has 0 fully saturated rings. The Labute approximate surface area is 122 Å². The van der Waals surface area contributed by atoms with Crippen molar-refractivity contribution >= 4 is 17.6 Å². The number of carbonyl (C=O) groups is 2. The number of rotatable bonds is 5. The van der Waals surface area contributed by atoms with Crippen LogP contribution in [0.3, 0.4) is 0 Å². The molecule has 2 aromatic rings. The Bertz CT molecular complexity index is 628. The first-order chi connectivity index (χ1) is 10.1. The van der Waals surface area contributed by atoms with Crippen LogP contribution in [0.5, 0.6) is 0 Å². The summed E-state index contributed by atoms with van der Waals surface area (Å²) in [5, 5.41) is 2.71. The van der Waals surface area contributed by atoms with Gasteiger partial charge in [-0.05, 0) is 43.7 Å². The van der Waals surface area contributed by atoms with Crippen LogP contribution in [0.4, 0.5) is 5.69 Å². The molecule has 5 nitrogen and oxygen atoms in total. The minimum absolute atomic E-state index is 0.279. The Morgan fingerprint density at radius 3 is 2.48 bits per heavy atom. The van der Waals surface area contributed by atoms with E-state index in [0.717, 1.165) is 12.0 Å². The first kappa shape index (κ1) is 14.8. The molecule has 1 aromatic heterocycles. The second kappa shape index (κ2) is 6.74. The highest BCUT2D eigenvalue weighted by molar-refractivity contribution is 6.03. The number of carbonyl (C=O) groups excluding carboxylic acids is 2. The van der Waals surface area contributed by atoms with E-state index in [2.05, 4.69) is 5.32 Å². The number of aryl methyl sites for hydroxylation is 1. The molecule has 0 spiro atoms. The van der Waals surface area contributed by atoms with Crippen LogP contribution < -0.4 is 5.32 Å². The van der Waals surface area contributed by atoms with E-state index in [0.29, 0.717) is 17.9 Å². The Kier molecular flexibility index (Phi) is 4.77. The normalized spacial score (nSPS) is 10.2. The summed E-state index contributed by atoms with van der Waals surface area (Å²) < 4.78 is 10.1. The number of furan rings is 1. The van der Waals surface area contributed by atoms with Gasteiger partial charge in [-0.3, -0.25) is 4.79 Å². The Morgan fingerprint density at radius 1 is 1.19 bits per heavy atom. The van der Waals surface area contributed by atoms with Gasteiger partial charge in [0, 0.05) is 11.3 Å². The zero-order chi connectivity index (χ0) is 15.2. The van der Waals surface area contributed by atoms with Gasteiger partial charge in [0.15, 0.2) is 5.76 Å². The van der Waals surface area contributed by atoms with E-state index in [9.17, 15) is 9.59 Å². The molecule has 110 valence electrons. The summed E-state index contributed by atoms with van der Waals surface area (Å²) in [5.41, 5.74) is 1.81. The molecule has 0 aliphatic rings. The molecular formula is C16H17NO4. The summed E-state index contributed by atoms with van der Waals surface area (Å²) in [4.78, 5) is 23.6. The quantitative estimate of drug-likeness (QED) is 0.856. The molecule has 0 saturated carbocycles. The topological polar surface area (TPSA) is 68.5 Å². The highest BCUT2D eigenvalue weighted by atomic mass is 16.5. The third-order valence-electron chi connectivity index (χ3n) is 2.88. The van der Waals surface area contributed by atoms with Crippen LogP contribution in [0, 0.1) is 6.92 Å². The van der Waals surface area contributed by atoms with Gasteiger partial charge in [0.05, 0.1) is 18.4 Å². The predicted molar refractivity (Wildman–Crippen MR) is 78.4 cm³/mol. The molecule has 21 heavy (non-hydrogen) atoms. The summed E-state index contributed by atoms with van der Waals surface area (Å²) in [6, 6.07) is 8.25. The fourth-order valence-corrected chi connectivity index (χ4v) is 1.76. The van der Waals surface area contributed by atoms with Gasteiger partial charge in [0.25, 0.3) is 5.91 Å². The fourth-order valence-electron chi connectivity index (χ4n) is 1.76. The minimum atomic E-state index is -0.364. The van der Waals surface area contributed by atoms with E-state index in [1.165, 1.54) is 6.26 Å². The number of ether oxygens (including phenoxy) is 1. The van der Waals surface area contributed by atoms with Gasteiger partial charge < -0.3 is 14.5 Å². The van der Waals surface area contributed by atoms with Gasteiger partial charge in [0.1, 0.15) is 0 Å². The van der Waals surface area contributed by atoms with Crippen LogP contribution in [0.2, 0.25) is 0 Å². The summed E-state index contributed by atoms with van der Waals surface area (Å²) in [6.45, 7) is 4.13. The molecule has 2 rings (SSSR count). The zero-order valence-electron chi connectivity index (χ0n) is 12.0. The van der Waals surface area contributed by atoms with E-state index < -0.39 is 0 Å². The van der Waals surface area contributed by atoms with Gasteiger partial charge in [0.2, 0.25) is 0 Å². The summed E-state index contributed by atoms with van der Waals surface area (Å²) >= 11 is 0. The standard InChI is InChI=1S/C16H17NO4/c1-3-9-21-16(19)12-4-6-13(7-5-12)17-15(18)14-11(2)8-10-20-14/h4-8,10H,3,9H2,1-2H3,(H,17,18). The van der Waals surface area contributed by atoms with Gasteiger partial charge in [-0.1, -0.05) is 6.92 Å². The van der Waals surface area contributed by atoms with Gasteiger partial charge >= 0.3 is 5.97 Å². The molecule has 0 atom stereocenters. The van der Waals surface area contributed by atoms with E-state index >= 15 is 0 Å². The van der Waals surface area contributed by atoms with Crippen LogP contribution in [-0.4, -0.2) is 18.5 Å². The summed E-state index contributed by atoms with van der Waals surface area (Å²) in [6.07, 6.45) is 2.25. The number of anilines is 1. The van der Waals surface area contributed by atoms with Crippen molar-refractivity contribution < 1.29 is 18.7 Å². The highest BCUT2D eigenvalue weighted by Crippen LogP contribution is 2.14. The van der Waals surface area contributed by atoms with Crippen molar-refractivity contribution in [3.8, 4) is 0 Å². The van der Waals surface area contributed by atoms with Crippen molar-refractivity contribution in [1.82, 2.24) is 0 Å². The molecule has 1 N–H and O–H groups in total. The van der Waals surface area contributed by atoms with Crippen LogP contribution >= 0.6 is 0 Å². The smallest absolute Gasteiger partial charge is 0.338 e. The first-order valence-corrected chi connectivity index (χ1v) is 6.74. The third-order valence-corrected chi connectivity index (χ3v) is 2.88. The summed E-state index contributed by atoms with van der Waals surface area (Å²) in [7, 11) is 0. The fraction of sp³-hybridized carbons (Fsp3) is 0.250. The molecule has 0 unspecified atom stereocenters. The first-order valence-electron chi connectivity index (χ1n) is 6.74. The lowest BCUT2D eigenvalue weighted by Gasteiger charge is -2.06. The lowest BCUT2D eigenvalue weighted by atomic mass is 10.2. The molecule has 5 heteroatoms. The third kappa shape index (κ3) is 3.72. The van der Waals surface area contributed by atoms with Crippen molar-refractivity contribution in [1.29, 1.82) is 0 Å². The van der Waals surface area contributed by atoms with Gasteiger partial charge in [-0.15, -0.1) is 0 Å². The molecule has 0 radical (unpaired) electrons. The Balaban J connectivity index is 2.01. The Hall–Kier alpha value is -2.56. The molecular weight excluding hydrogens is 270 g/mol. The van der Waals surface area contributed by atoms with Crippen LogP contribution in [0.1, 0.15) is 39.8 Å². The SMILES string of the molecule is CCCOC(=O)c1ccc(NC(=O)c2occc2C)cc1. The van der Waals surface area contributed by atoms with Crippen molar-refractivity contribution in [2.75, 3.05) is 11.9 Å². The van der Waals surface area contributed by atoms with Crippen LogP contribution in [-0.2, 0) is 4.74 Å². The lowest BCUT2D eigenvalue weighted by Crippen LogP contribution is -2.12. The van der Waals surface area contributed by atoms with E-state index in [1.54, 1.807) is 37.3 Å². The van der Waals surface area contributed by atoms with E-state index in [-0.39, 0.29) is 17.6 Å². The number of nitrogens with one attached hydrogen (secondary N) is 1. The van der Waals surface area contributed by atoms with E-state index in [1.807, 2.05) is 6.92 Å². The number of hydrogen-bond acceptors (Lipinski definition) is 4. The molecule has 0 aliphatic heterocycles. The molecule has 0 bridgehead atoms. The Morgan fingerprint density at radius 2 is 1.90 bits per heavy atom. The van der Waals surface area contributed by atoms with Crippen molar-refractivity contribution in [3.63, 3.8) is 0 Å². The average molecular weight is 287 g/mol. The minimum Gasteiger partial charge on any atom is -0.462 e. The van der Waals surface area contributed by atoms with Crippen molar-refractivity contribution in [3.05, 3.63) is 53.5 Å². The number of benzene rings is 1.